The highest BCUT2D eigenvalue weighted by molar-refractivity contribution is 5.69. The molecule has 0 spiro atoms. The van der Waals surface area contributed by atoms with Crippen molar-refractivity contribution in [3.63, 3.8) is 0 Å². The van der Waals surface area contributed by atoms with Crippen molar-refractivity contribution >= 4 is 22.7 Å². The van der Waals surface area contributed by atoms with Crippen LogP contribution in [0.25, 0.3) is 0 Å². The zero-order chi connectivity index (χ0) is 24.4. The van der Waals surface area contributed by atoms with Crippen molar-refractivity contribution in [1.29, 1.82) is 0 Å². The van der Waals surface area contributed by atoms with Crippen LogP contribution in [0.5, 0.6) is 0 Å². The summed E-state index contributed by atoms with van der Waals surface area (Å²) in [6.07, 6.45) is 0. The first-order valence-corrected chi connectivity index (χ1v) is 12.5. The minimum absolute atomic E-state index is 0.712. The number of hydrogen-bond donors (Lipinski definition) is 4. The van der Waals surface area contributed by atoms with Crippen molar-refractivity contribution in [3.05, 3.63) is 120 Å². The lowest BCUT2D eigenvalue weighted by Gasteiger charge is -2.29. The van der Waals surface area contributed by atoms with E-state index in [1.54, 1.807) is 0 Å². The second-order valence-corrected chi connectivity index (χ2v) is 9.06. The third-order valence-corrected chi connectivity index (χ3v) is 6.32. The van der Waals surface area contributed by atoms with Crippen molar-refractivity contribution < 1.29 is 0 Å². The molecule has 1 heterocycles. The molecule has 1 aliphatic rings. The highest BCUT2D eigenvalue weighted by atomic mass is 15.3. The standard InChI is InChI=1S/C30H34N6/c1-3-11-25(12-4-1)19-35-21-31-27-15-7-9-17-29(27)33-23-36(20-26-13-5-2-6-14-26)24-34-30-18-10-8-16-28(30)32-22-35/h1-18,31-34H,19-24H2. The van der Waals surface area contributed by atoms with Gasteiger partial charge in [0.05, 0.1) is 49.4 Å². The van der Waals surface area contributed by atoms with E-state index in [4.69, 9.17) is 0 Å². The summed E-state index contributed by atoms with van der Waals surface area (Å²) < 4.78 is 0. The summed E-state index contributed by atoms with van der Waals surface area (Å²) in [4.78, 5) is 4.74. The number of nitrogens with one attached hydrogen (secondary N) is 4. The lowest BCUT2D eigenvalue weighted by molar-refractivity contribution is 0.302. The smallest absolute Gasteiger partial charge is 0.0696 e. The number of fused-ring (bicyclic) bond motifs is 2. The highest BCUT2D eigenvalue weighted by Crippen LogP contribution is 2.24. The average Bonchev–Trinajstić information content (AvgIpc) is 2.93. The molecule has 0 fully saturated rings. The van der Waals surface area contributed by atoms with E-state index in [2.05, 4.69) is 140 Å². The maximum Gasteiger partial charge on any atom is 0.0696 e. The first-order valence-electron chi connectivity index (χ1n) is 12.5. The van der Waals surface area contributed by atoms with Gasteiger partial charge in [-0.05, 0) is 35.4 Å². The number of anilines is 4. The second kappa shape index (κ2) is 12.1. The van der Waals surface area contributed by atoms with Gasteiger partial charge in [-0.2, -0.15) is 0 Å². The Kier molecular flexibility index (Phi) is 7.98. The normalized spacial score (nSPS) is 15.1. The van der Waals surface area contributed by atoms with Crippen LogP contribution in [0, 0.1) is 0 Å². The van der Waals surface area contributed by atoms with E-state index < -0.39 is 0 Å². The first kappa shape index (κ1) is 23.7. The Morgan fingerprint density at radius 1 is 0.389 bits per heavy atom. The largest absolute Gasteiger partial charge is 0.371 e. The summed E-state index contributed by atoms with van der Waals surface area (Å²) in [6, 6.07) is 38.1. The van der Waals surface area contributed by atoms with Gasteiger partial charge >= 0.3 is 0 Å². The molecule has 184 valence electrons. The van der Waals surface area contributed by atoms with Gasteiger partial charge in [-0.15, -0.1) is 0 Å². The zero-order valence-corrected chi connectivity index (χ0v) is 20.5. The van der Waals surface area contributed by atoms with Crippen molar-refractivity contribution in [2.45, 2.75) is 13.1 Å². The van der Waals surface area contributed by atoms with Crippen LogP contribution >= 0.6 is 0 Å². The molecule has 1 aliphatic heterocycles. The van der Waals surface area contributed by atoms with E-state index in [0.717, 1.165) is 35.8 Å². The Morgan fingerprint density at radius 2 is 0.667 bits per heavy atom. The number of rotatable bonds is 4. The molecule has 0 aromatic heterocycles. The molecular formula is C30H34N6. The predicted molar refractivity (Wildman–Crippen MR) is 151 cm³/mol. The van der Waals surface area contributed by atoms with Crippen molar-refractivity contribution in [2.75, 3.05) is 47.9 Å². The summed E-state index contributed by atoms with van der Waals surface area (Å²) in [5.41, 5.74) is 6.97. The van der Waals surface area contributed by atoms with Crippen LogP contribution in [-0.2, 0) is 13.1 Å². The van der Waals surface area contributed by atoms with Crippen molar-refractivity contribution in [3.8, 4) is 0 Å². The number of nitrogens with zero attached hydrogens (tertiary/aromatic N) is 2. The lowest BCUT2D eigenvalue weighted by Crippen LogP contribution is -2.36. The van der Waals surface area contributed by atoms with E-state index in [-0.39, 0.29) is 0 Å². The Bertz CT molecular complexity index is 1060. The molecule has 4 N–H and O–H groups in total. The van der Waals surface area contributed by atoms with Gasteiger partial charge < -0.3 is 21.3 Å². The minimum atomic E-state index is 0.712. The van der Waals surface area contributed by atoms with Gasteiger partial charge in [0, 0.05) is 13.1 Å². The van der Waals surface area contributed by atoms with Crippen LogP contribution < -0.4 is 21.3 Å². The third-order valence-electron chi connectivity index (χ3n) is 6.32. The minimum Gasteiger partial charge on any atom is -0.371 e. The molecule has 36 heavy (non-hydrogen) atoms. The molecule has 0 radical (unpaired) electrons. The molecule has 5 rings (SSSR count). The van der Waals surface area contributed by atoms with Gasteiger partial charge in [0.1, 0.15) is 0 Å². The summed E-state index contributed by atoms with van der Waals surface area (Å²) in [5, 5.41) is 14.7. The van der Waals surface area contributed by atoms with Gasteiger partial charge in [0.25, 0.3) is 0 Å². The molecule has 0 saturated heterocycles. The monoisotopic (exact) mass is 478 g/mol. The van der Waals surface area contributed by atoms with Crippen LogP contribution in [0.2, 0.25) is 0 Å². The highest BCUT2D eigenvalue weighted by Gasteiger charge is 2.13. The first-order chi connectivity index (χ1) is 17.8. The molecule has 0 atom stereocenters. The molecule has 0 unspecified atom stereocenters. The summed E-state index contributed by atoms with van der Waals surface area (Å²) in [7, 11) is 0. The quantitative estimate of drug-likeness (QED) is 0.294. The van der Waals surface area contributed by atoms with Crippen molar-refractivity contribution in [2.24, 2.45) is 0 Å². The maximum atomic E-state index is 3.67. The molecule has 0 aliphatic carbocycles. The van der Waals surface area contributed by atoms with Crippen LogP contribution in [0.3, 0.4) is 0 Å². The van der Waals surface area contributed by atoms with Gasteiger partial charge in [-0.3, -0.25) is 9.80 Å². The molecule has 6 heteroatoms. The Hall–Kier alpha value is -4.00. The number of para-hydroxylation sites is 4. The van der Waals surface area contributed by atoms with E-state index in [1.165, 1.54) is 11.1 Å². The summed E-state index contributed by atoms with van der Waals surface area (Å²) in [6.45, 7) is 4.54. The van der Waals surface area contributed by atoms with Gasteiger partial charge in [-0.25, -0.2) is 0 Å². The molecule has 0 amide bonds. The fourth-order valence-electron chi connectivity index (χ4n) is 4.39. The van der Waals surface area contributed by atoms with Gasteiger partial charge in [0.15, 0.2) is 0 Å². The maximum absolute atomic E-state index is 3.67. The molecule has 4 aromatic rings. The summed E-state index contributed by atoms with van der Waals surface area (Å²) in [5.74, 6) is 0. The van der Waals surface area contributed by atoms with E-state index >= 15 is 0 Å². The molecule has 4 aromatic carbocycles. The van der Waals surface area contributed by atoms with E-state index in [1.807, 2.05) is 0 Å². The topological polar surface area (TPSA) is 54.6 Å². The average molecular weight is 479 g/mol. The Labute approximate surface area is 214 Å². The summed E-state index contributed by atoms with van der Waals surface area (Å²) >= 11 is 0. The second-order valence-electron chi connectivity index (χ2n) is 9.06. The van der Waals surface area contributed by atoms with Crippen LogP contribution in [0.15, 0.2) is 109 Å². The number of benzene rings is 4. The van der Waals surface area contributed by atoms with Gasteiger partial charge in [-0.1, -0.05) is 84.9 Å². The molecule has 6 nitrogen and oxygen atoms in total. The third kappa shape index (κ3) is 6.56. The fraction of sp³-hybridized carbons (Fsp3) is 0.200. The Morgan fingerprint density at radius 3 is 0.972 bits per heavy atom. The SMILES string of the molecule is c1ccc(CN2CNc3ccccc3NCN(Cc3ccccc3)CNc3ccccc3NC2)cc1. The van der Waals surface area contributed by atoms with E-state index in [0.29, 0.717) is 26.7 Å². The van der Waals surface area contributed by atoms with Crippen LogP contribution in [0.1, 0.15) is 11.1 Å². The fourth-order valence-corrected chi connectivity index (χ4v) is 4.39. The lowest BCUT2D eigenvalue weighted by atomic mass is 10.2. The Balaban J connectivity index is 1.39. The molecule has 0 saturated carbocycles. The van der Waals surface area contributed by atoms with E-state index in [9.17, 15) is 0 Å². The van der Waals surface area contributed by atoms with Crippen LogP contribution in [-0.4, -0.2) is 36.5 Å². The van der Waals surface area contributed by atoms with Crippen LogP contribution in [0.4, 0.5) is 22.7 Å². The predicted octanol–water partition coefficient (Wildman–Crippen LogP) is 5.88. The zero-order valence-electron chi connectivity index (χ0n) is 20.5. The number of hydrogen-bond acceptors (Lipinski definition) is 6. The molecular weight excluding hydrogens is 444 g/mol. The molecule has 0 bridgehead atoms. The van der Waals surface area contributed by atoms with Crippen molar-refractivity contribution in [1.82, 2.24) is 9.80 Å². The van der Waals surface area contributed by atoms with Gasteiger partial charge in [0.2, 0.25) is 0 Å².